The Morgan fingerprint density at radius 2 is 2.23 bits per heavy atom. The number of aromatic nitrogens is 1. The average molecular weight is 209 g/mol. The molecule has 68 valence electrons. The standard InChI is InChI=1S/C10H11NS2/c1-8-10(11-7-13-8)5-4-9-3-2-6-12-9/h2-3,6-7H,4-5H2,1H3. The molecule has 0 saturated carbocycles. The molecule has 0 radical (unpaired) electrons. The van der Waals surface area contributed by atoms with E-state index in [1.165, 1.54) is 15.4 Å². The number of thiophene rings is 1. The van der Waals surface area contributed by atoms with Gasteiger partial charge < -0.3 is 0 Å². The van der Waals surface area contributed by atoms with Crippen molar-refractivity contribution in [3.8, 4) is 0 Å². The van der Waals surface area contributed by atoms with Crippen LogP contribution >= 0.6 is 22.7 Å². The van der Waals surface area contributed by atoms with Crippen LogP contribution in [0, 0.1) is 6.92 Å². The summed E-state index contributed by atoms with van der Waals surface area (Å²) in [6, 6.07) is 4.29. The van der Waals surface area contributed by atoms with Gasteiger partial charge in [0, 0.05) is 9.75 Å². The van der Waals surface area contributed by atoms with Crippen molar-refractivity contribution in [3.63, 3.8) is 0 Å². The van der Waals surface area contributed by atoms with Crippen LogP contribution in [0.15, 0.2) is 23.0 Å². The summed E-state index contributed by atoms with van der Waals surface area (Å²) in [4.78, 5) is 7.15. The van der Waals surface area contributed by atoms with Gasteiger partial charge in [0.05, 0.1) is 11.2 Å². The van der Waals surface area contributed by atoms with E-state index in [0.29, 0.717) is 0 Å². The van der Waals surface area contributed by atoms with Gasteiger partial charge in [-0.2, -0.15) is 0 Å². The zero-order valence-electron chi connectivity index (χ0n) is 7.49. The van der Waals surface area contributed by atoms with E-state index in [1.807, 2.05) is 16.8 Å². The molecule has 2 rings (SSSR count). The topological polar surface area (TPSA) is 12.9 Å². The molecule has 0 amide bonds. The first-order valence-corrected chi connectivity index (χ1v) is 6.03. The Labute approximate surface area is 86.1 Å². The highest BCUT2D eigenvalue weighted by Crippen LogP contribution is 2.16. The second-order valence-electron chi connectivity index (χ2n) is 2.93. The highest BCUT2D eigenvalue weighted by molar-refractivity contribution is 7.10. The van der Waals surface area contributed by atoms with E-state index in [1.54, 1.807) is 11.3 Å². The lowest BCUT2D eigenvalue weighted by Crippen LogP contribution is -1.90. The smallest absolute Gasteiger partial charge is 0.0797 e. The zero-order valence-corrected chi connectivity index (χ0v) is 9.12. The van der Waals surface area contributed by atoms with Gasteiger partial charge in [-0.05, 0) is 31.2 Å². The fraction of sp³-hybridized carbons (Fsp3) is 0.300. The Kier molecular flexibility index (Phi) is 2.76. The maximum atomic E-state index is 4.34. The van der Waals surface area contributed by atoms with Crippen LogP contribution in [0.1, 0.15) is 15.4 Å². The van der Waals surface area contributed by atoms with Crippen molar-refractivity contribution in [1.29, 1.82) is 0 Å². The molecule has 0 saturated heterocycles. The van der Waals surface area contributed by atoms with E-state index in [0.717, 1.165) is 12.8 Å². The van der Waals surface area contributed by atoms with Crippen LogP contribution in [0.4, 0.5) is 0 Å². The number of rotatable bonds is 3. The van der Waals surface area contributed by atoms with E-state index in [2.05, 4.69) is 29.4 Å². The third kappa shape index (κ3) is 2.17. The van der Waals surface area contributed by atoms with Crippen LogP contribution in [0.2, 0.25) is 0 Å². The SMILES string of the molecule is Cc1scnc1CCc1cccs1. The summed E-state index contributed by atoms with van der Waals surface area (Å²) in [6.07, 6.45) is 2.21. The van der Waals surface area contributed by atoms with Crippen LogP contribution in [0.3, 0.4) is 0 Å². The average Bonchev–Trinajstić information content (AvgIpc) is 2.72. The summed E-state index contributed by atoms with van der Waals surface area (Å²) in [5.41, 5.74) is 3.19. The predicted molar refractivity (Wildman–Crippen MR) is 58.6 cm³/mol. The highest BCUT2D eigenvalue weighted by atomic mass is 32.1. The molecular weight excluding hydrogens is 198 g/mol. The molecule has 0 N–H and O–H groups in total. The van der Waals surface area contributed by atoms with E-state index in [9.17, 15) is 0 Å². The van der Waals surface area contributed by atoms with Gasteiger partial charge in [0.15, 0.2) is 0 Å². The molecule has 0 unspecified atom stereocenters. The summed E-state index contributed by atoms with van der Waals surface area (Å²) in [6.45, 7) is 2.14. The van der Waals surface area contributed by atoms with Gasteiger partial charge in [0.2, 0.25) is 0 Å². The van der Waals surface area contributed by atoms with Crippen molar-refractivity contribution in [1.82, 2.24) is 4.98 Å². The number of aryl methyl sites for hydroxylation is 3. The third-order valence-electron chi connectivity index (χ3n) is 2.03. The number of thiazole rings is 1. The first-order valence-electron chi connectivity index (χ1n) is 4.27. The maximum Gasteiger partial charge on any atom is 0.0797 e. The molecule has 2 aromatic heterocycles. The lowest BCUT2D eigenvalue weighted by Gasteiger charge is -1.95. The Hall–Kier alpha value is -0.670. The van der Waals surface area contributed by atoms with Gasteiger partial charge in [-0.15, -0.1) is 22.7 Å². The van der Waals surface area contributed by atoms with Gasteiger partial charge >= 0.3 is 0 Å². The third-order valence-corrected chi connectivity index (χ3v) is 3.77. The minimum absolute atomic E-state index is 1.08. The van der Waals surface area contributed by atoms with Crippen LogP contribution < -0.4 is 0 Å². The van der Waals surface area contributed by atoms with Crippen LogP contribution in [-0.4, -0.2) is 4.98 Å². The minimum Gasteiger partial charge on any atom is -0.249 e. The molecule has 0 fully saturated rings. The molecule has 1 nitrogen and oxygen atoms in total. The lowest BCUT2D eigenvalue weighted by molar-refractivity contribution is 0.932. The highest BCUT2D eigenvalue weighted by Gasteiger charge is 2.01. The monoisotopic (exact) mass is 209 g/mol. The molecule has 0 atom stereocenters. The molecule has 3 heteroatoms. The van der Waals surface area contributed by atoms with E-state index in [4.69, 9.17) is 0 Å². The molecule has 0 aromatic carbocycles. The fourth-order valence-electron chi connectivity index (χ4n) is 1.26. The van der Waals surface area contributed by atoms with Gasteiger partial charge in [-0.3, -0.25) is 0 Å². The molecule has 0 bridgehead atoms. The van der Waals surface area contributed by atoms with Crippen molar-refractivity contribution in [2.75, 3.05) is 0 Å². The molecule has 13 heavy (non-hydrogen) atoms. The number of hydrogen-bond donors (Lipinski definition) is 0. The van der Waals surface area contributed by atoms with Crippen molar-refractivity contribution in [3.05, 3.63) is 38.5 Å². The van der Waals surface area contributed by atoms with Gasteiger partial charge in [0.25, 0.3) is 0 Å². The molecule has 0 spiro atoms. The van der Waals surface area contributed by atoms with Crippen LogP contribution in [0.5, 0.6) is 0 Å². The summed E-state index contributed by atoms with van der Waals surface area (Å²) >= 11 is 3.56. The first kappa shape index (κ1) is 8.91. The van der Waals surface area contributed by atoms with Gasteiger partial charge in [-0.25, -0.2) is 4.98 Å². The summed E-state index contributed by atoms with van der Waals surface area (Å²) in [7, 11) is 0. The lowest BCUT2D eigenvalue weighted by atomic mass is 10.2. The Morgan fingerprint density at radius 3 is 2.85 bits per heavy atom. The minimum atomic E-state index is 1.08. The van der Waals surface area contributed by atoms with Gasteiger partial charge in [0.1, 0.15) is 0 Å². The second kappa shape index (κ2) is 4.03. The van der Waals surface area contributed by atoms with Crippen molar-refractivity contribution in [2.24, 2.45) is 0 Å². The second-order valence-corrected chi connectivity index (χ2v) is 5.03. The molecule has 2 aromatic rings. The Balaban J connectivity index is 1.97. The largest absolute Gasteiger partial charge is 0.249 e. The van der Waals surface area contributed by atoms with E-state index < -0.39 is 0 Å². The summed E-state index contributed by atoms with van der Waals surface area (Å²) < 4.78 is 0. The Bertz CT molecular complexity index is 362. The normalized spacial score (nSPS) is 10.5. The van der Waals surface area contributed by atoms with Gasteiger partial charge in [-0.1, -0.05) is 6.07 Å². The summed E-state index contributed by atoms with van der Waals surface area (Å²) in [5, 5.41) is 2.13. The maximum absolute atomic E-state index is 4.34. The quantitative estimate of drug-likeness (QED) is 0.756. The molecule has 2 heterocycles. The van der Waals surface area contributed by atoms with Crippen LogP contribution in [-0.2, 0) is 12.8 Å². The van der Waals surface area contributed by atoms with E-state index in [-0.39, 0.29) is 0 Å². The van der Waals surface area contributed by atoms with Crippen LogP contribution in [0.25, 0.3) is 0 Å². The Morgan fingerprint density at radius 1 is 1.31 bits per heavy atom. The molecule has 0 aliphatic carbocycles. The van der Waals surface area contributed by atoms with Crippen molar-refractivity contribution in [2.45, 2.75) is 19.8 Å². The van der Waals surface area contributed by atoms with Crippen molar-refractivity contribution >= 4 is 22.7 Å². The van der Waals surface area contributed by atoms with E-state index >= 15 is 0 Å². The molecule has 0 aliphatic rings. The number of nitrogens with zero attached hydrogens (tertiary/aromatic N) is 1. The summed E-state index contributed by atoms with van der Waals surface area (Å²) in [5.74, 6) is 0. The zero-order chi connectivity index (χ0) is 9.10. The predicted octanol–water partition coefficient (Wildman–Crippen LogP) is 3.30. The molecular formula is C10H11NS2. The molecule has 0 aliphatic heterocycles. The number of hydrogen-bond acceptors (Lipinski definition) is 3. The van der Waals surface area contributed by atoms with Crippen molar-refractivity contribution < 1.29 is 0 Å². The fourth-order valence-corrected chi connectivity index (χ4v) is 2.60. The first-order chi connectivity index (χ1) is 6.36.